The quantitative estimate of drug-likeness (QED) is 0.725. The third-order valence-corrected chi connectivity index (χ3v) is 3.78. The first-order valence-corrected chi connectivity index (χ1v) is 7.84. The van der Waals surface area contributed by atoms with Crippen molar-refractivity contribution >= 4 is 0 Å². The van der Waals surface area contributed by atoms with Gasteiger partial charge in [-0.15, -0.1) is 0 Å². The van der Waals surface area contributed by atoms with Crippen molar-refractivity contribution in [2.75, 3.05) is 32.8 Å². The van der Waals surface area contributed by atoms with Crippen molar-refractivity contribution in [1.82, 2.24) is 19.7 Å². The molecule has 1 saturated heterocycles. The Hall–Kier alpha value is -1.99. The Morgan fingerprint density at radius 1 is 1.30 bits per heavy atom. The zero-order valence-corrected chi connectivity index (χ0v) is 13.0. The number of aromatic nitrogens is 3. The number of benzene rings is 1. The second-order valence-electron chi connectivity index (χ2n) is 5.57. The van der Waals surface area contributed by atoms with Crippen molar-refractivity contribution in [3.05, 3.63) is 42.7 Å². The first-order valence-electron chi connectivity index (χ1n) is 7.84. The molecule has 1 fully saturated rings. The molecule has 0 aliphatic carbocycles. The fourth-order valence-electron chi connectivity index (χ4n) is 2.64. The molecule has 0 radical (unpaired) electrons. The summed E-state index contributed by atoms with van der Waals surface area (Å²) in [5, 5.41) is 4.11. The topological polar surface area (TPSA) is 52.4 Å². The normalized spacial score (nSPS) is 18.9. The Labute approximate surface area is 134 Å². The first kappa shape index (κ1) is 15.9. The molecule has 2 heterocycles. The smallest absolute Gasteiger partial charge is 0.137 e. The molecule has 23 heavy (non-hydrogen) atoms. The summed E-state index contributed by atoms with van der Waals surface area (Å²) in [6, 6.07) is 6.12. The highest BCUT2D eigenvalue weighted by molar-refractivity contribution is 5.21. The minimum Gasteiger partial charge on any atom is -0.494 e. The van der Waals surface area contributed by atoms with E-state index in [0.29, 0.717) is 12.4 Å². The fourth-order valence-corrected chi connectivity index (χ4v) is 2.64. The molecule has 124 valence electrons. The second kappa shape index (κ2) is 8.03. The lowest BCUT2D eigenvalue weighted by Crippen LogP contribution is -2.44. The van der Waals surface area contributed by atoms with E-state index in [1.807, 2.05) is 0 Å². The standard InChI is InChI=1S/C16H21FN4O2/c17-14-2-4-15(5-3-14)22-8-1-6-20-7-9-23-16(10-20)11-21-13-18-12-19-21/h2-5,12-13,16H,1,6-11H2/t16-/m1/s1. The molecule has 2 aromatic rings. The Kier molecular flexibility index (Phi) is 5.55. The van der Waals surface area contributed by atoms with Gasteiger partial charge in [0.2, 0.25) is 0 Å². The van der Waals surface area contributed by atoms with Crippen LogP contribution in [0.3, 0.4) is 0 Å². The van der Waals surface area contributed by atoms with Crippen LogP contribution in [0.5, 0.6) is 5.75 Å². The molecular formula is C16H21FN4O2. The van der Waals surface area contributed by atoms with E-state index in [0.717, 1.165) is 39.2 Å². The largest absolute Gasteiger partial charge is 0.494 e. The zero-order chi connectivity index (χ0) is 15.9. The predicted octanol–water partition coefficient (Wildman–Crippen LogP) is 1.59. The lowest BCUT2D eigenvalue weighted by molar-refractivity contribution is -0.0384. The summed E-state index contributed by atoms with van der Waals surface area (Å²) in [4.78, 5) is 6.32. The van der Waals surface area contributed by atoms with Gasteiger partial charge in [-0.2, -0.15) is 5.10 Å². The van der Waals surface area contributed by atoms with Crippen molar-refractivity contribution in [3.8, 4) is 5.75 Å². The van der Waals surface area contributed by atoms with Crippen LogP contribution in [0, 0.1) is 5.82 Å². The van der Waals surface area contributed by atoms with Crippen LogP contribution in [0.2, 0.25) is 0 Å². The highest BCUT2D eigenvalue weighted by Crippen LogP contribution is 2.12. The minimum absolute atomic E-state index is 0.142. The van der Waals surface area contributed by atoms with Gasteiger partial charge < -0.3 is 9.47 Å². The van der Waals surface area contributed by atoms with E-state index in [4.69, 9.17) is 9.47 Å². The molecular weight excluding hydrogens is 299 g/mol. The number of hydrogen-bond acceptors (Lipinski definition) is 5. The monoisotopic (exact) mass is 320 g/mol. The van der Waals surface area contributed by atoms with Crippen molar-refractivity contribution in [1.29, 1.82) is 0 Å². The Morgan fingerprint density at radius 2 is 2.17 bits per heavy atom. The molecule has 0 N–H and O–H groups in total. The van der Waals surface area contributed by atoms with Gasteiger partial charge in [0.05, 0.1) is 25.9 Å². The second-order valence-corrected chi connectivity index (χ2v) is 5.57. The highest BCUT2D eigenvalue weighted by Gasteiger charge is 2.20. The molecule has 1 aliphatic heterocycles. The third kappa shape index (κ3) is 5.01. The Bertz CT molecular complexity index is 576. The highest BCUT2D eigenvalue weighted by atomic mass is 19.1. The predicted molar refractivity (Wildman–Crippen MR) is 82.7 cm³/mol. The van der Waals surface area contributed by atoms with E-state index in [1.165, 1.54) is 18.5 Å². The van der Waals surface area contributed by atoms with Crippen LogP contribution >= 0.6 is 0 Å². The zero-order valence-electron chi connectivity index (χ0n) is 13.0. The maximum Gasteiger partial charge on any atom is 0.137 e. The molecule has 1 aliphatic rings. The van der Waals surface area contributed by atoms with E-state index in [1.54, 1.807) is 23.1 Å². The van der Waals surface area contributed by atoms with Gasteiger partial charge in [0, 0.05) is 19.6 Å². The molecule has 1 aromatic heterocycles. The molecule has 0 unspecified atom stereocenters. The number of hydrogen-bond donors (Lipinski definition) is 0. The van der Waals surface area contributed by atoms with Crippen molar-refractivity contribution in [3.63, 3.8) is 0 Å². The average molecular weight is 320 g/mol. The molecule has 1 atom stereocenters. The number of halogens is 1. The van der Waals surface area contributed by atoms with Crippen LogP contribution in [0.1, 0.15) is 6.42 Å². The molecule has 7 heteroatoms. The van der Waals surface area contributed by atoms with E-state index in [2.05, 4.69) is 15.0 Å². The van der Waals surface area contributed by atoms with Crippen LogP contribution < -0.4 is 4.74 Å². The fraction of sp³-hybridized carbons (Fsp3) is 0.500. The molecule has 0 bridgehead atoms. The summed E-state index contributed by atoms with van der Waals surface area (Å²) >= 11 is 0. The summed E-state index contributed by atoms with van der Waals surface area (Å²) < 4.78 is 26.0. The van der Waals surface area contributed by atoms with E-state index in [9.17, 15) is 4.39 Å². The van der Waals surface area contributed by atoms with E-state index in [-0.39, 0.29) is 11.9 Å². The van der Waals surface area contributed by atoms with Gasteiger partial charge in [0.1, 0.15) is 24.2 Å². The van der Waals surface area contributed by atoms with Crippen molar-refractivity contribution in [2.45, 2.75) is 19.1 Å². The lowest BCUT2D eigenvalue weighted by Gasteiger charge is -2.32. The summed E-state index contributed by atoms with van der Waals surface area (Å²) in [6.45, 7) is 4.86. The number of nitrogens with zero attached hydrogens (tertiary/aromatic N) is 4. The van der Waals surface area contributed by atoms with Gasteiger partial charge in [0.25, 0.3) is 0 Å². The maximum atomic E-state index is 12.8. The molecule has 6 nitrogen and oxygen atoms in total. The number of morpholine rings is 1. The molecule has 0 spiro atoms. The van der Waals surface area contributed by atoms with Gasteiger partial charge >= 0.3 is 0 Å². The van der Waals surface area contributed by atoms with Crippen LogP contribution in [-0.2, 0) is 11.3 Å². The Balaban J connectivity index is 1.35. The van der Waals surface area contributed by atoms with E-state index < -0.39 is 0 Å². The molecule has 0 amide bonds. The van der Waals surface area contributed by atoms with Gasteiger partial charge in [-0.1, -0.05) is 0 Å². The van der Waals surface area contributed by atoms with Gasteiger partial charge in [0.15, 0.2) is 0 Å². The molecule has 1 aromatic carbocycles. The van der Waals surface area contributed by atoms with E-state index >= 15 is 0 Å². The van der Waals surface area contributed by atoms with Crippen molar-refractivity contribution < 1.29 is 13.9 Å². The lowest BCUT2D eigenvalue weighted by atomic mass is 10.2. The molecule has 0 saturated carbocycles. The van der Waals surface area contributed by atoms with Gasteiger partial charge in [-0.25, -0.2) is 9.37 Å². The number of rotatable bonds is 7. The van der Waals surface area contributed by atoms with Crippen LogP contribution in [0.4, 0.5) is 4.39 Å². The molecule has 3 rings (SSSR count). The maximum absolute atomic E-state index is 12.8. The van der Waals surface area contributed by atoms with Gasteiger partial charge in [-0.3, -0.25) is 9.58 Å². The summed E-state index contributed by atoms with van der Waals surface area (Å²) in [5.74, 6) is 0.460. The number of ether oxygens (including phenoxy) is 2. The first-order chi connectivity index (χ1) is 11.3. The summed E-state index contributed by atoms with van der Waals surface area (Å²) in [7, 11) is 0. The van der Waals surface area contributed by atoms with Crippen LogP contribution in [-0.4, -0.2) is 58.6 Å². The van der Waals surface area contributed by atoms with Crippen LogP contribution in [0.25, 0.3) is 0 Å². The van der Waals surface area contributed by atoms with Crippen molar-refractivity contribution in [2.24, 2.45) is 0 Å². The average Bonchev–Trinajstić information content (AvgIpc) is 3.07. The summed E-state index contributed by atoms with van der Waals surface area (Å²) in [5.41, 5.74) is 0. The minimum atomic E-state index is -0.246. The summed E-state index contributed by atoms with van der Waals surface area (Å²) in [6.07, 6.45) is 4.31. The van der Waals surface area contributed by atoms with Gasteiger partial charge in [-0.05, 0) is 30.7 Å². The Morgan fingerprint density at radius 3 is 2.96 bits per heavy atom. The third-order valence-electron chi connectivity index (χ3n) is 3.78. The van der Waals surface area contributed by atoms with Crippen LogP contribution in [0.15, 0.2) is 36.9 Å². The SMILES string of the molecule is Fc1ccc(OCCCN2CCO[C@@H](Cn3cncn3)C2)cc1.